The van der Waals surface area contributed by atoms with Gasteiger partial charge in [0.05, 0.1) is 6.33 Å². The summed E-state index contributed by atoms with van der Waals surface area (Å²) >= 11 is 0. The fraction of sp³-hybridized carbons (Fsp3) is 0.280. The van der Waals surface area contributed by atoms with E-state index in [0.29, 0.717) is 5.69 Å². The molecule has 176 valence electrons. The number of carboxylic acid groups (broad SMARTS) is 1. The van der Waals surface area contributed by atoms with Crippen molar-refractivity contribution in [3.8, 4) is 11.1 Å². The molecule has 2 atom stereocenters. The Bertz CT molecular complexity index is 1130. The van der Waals surface area contributed by atoms with Crippen LogP contribution in [-0.4, -0.2) is 51.7 Å². The fourth-order valence-corrected chi connectivity index (χ4v) is 4.22. The number of rotatable bonds is 9. The summed E-state index contributed by atoms with van der Waals surface area (Å²) in [5.41, 5.74) is 5.00. The number of nitrogens with one attached hydrogen (secondary N) is 3. The summed E-state index contributed by atoms with van der Waals surface area (Å²) in [6.07, 6.45) is 2.55. The Hall–Kier alpha value is -4.14. The molecule has 9 nitrogen and oxygen atoms in total. The van der Waals surface area contributed by atoms with Gasteiger partial charge in [-0.3, -0.25) is 4.79 Å². The van der Waals surface area contributed by atoms with Gasteiger partial charge in [-0.15, -0.1) is 0 Å². The zero-order chi connectivity index (χ0) is 24.1. The fourth-order valence-electron chi connectivity index (χ4n) is 4.22. The summed E-state index contributed by atoms with van der Waals surface area (Å²) in [5.74, 6) is -1.87. The van der Waals surface area contributed by atoms with E-state index in [2.05, 4.69) is 20.6 Å². The largest absolute Gasteiger partial charge is 0.480 e. The van der Waals surface area contributed by atoms with E-state index in [1.165, 1.54) is 12.5 Å². The highest BCUT2D eigenvalue weighted by molar-refractivity contribution is 5.89. The first kappa shape index (κ1) is 23.0. The quantitative estimate of drug-likeness (QED) is 0.386. The van der Waals surface area contributed by atoms with Gasteiger partial charge in [0.25, 0.3) is 0 Å². The molecule has 1 aliphatic carbocycles. The van der Waals surface area contributed by atoms with E-state index in [0.717, 1.165) is 22.3 Å². The lowest BCUT2D eigenvalue weighted by Crippen LogP contribution is -2.52. The van der Waals surface area contributed by atoms with Gasteiger partial charge in [0.1, 0.15) is 18.7 Å². The molecule has 0 saturated heterocycles. The number of ether oxygens (including phenoxy) is 1. The molecule has 2 amide bonds. The molecule has 4 N–H and O–H groups in total. The molecule has 0 saturated carbocycles. The number of carbonyl (C=O) groups excluding carboxylic acids is 2. The van der Waals surface area contributed by atoms with Crippen molar-refractivity contribution in [1.29, 1.82) is 0 Å². The highest BCUT2D eigenvalue weighted by Crippen LogP contribution is 2.44. The molecule has 0 spiro atoms. The Labute approximate surface area is 196 Å². The average molecular weight is 463 g/mol. The third kappa shape index (κ3) is 4.93. The van der Waals surface area contributed by atoms with E-state index in [1.807, 2.05) is 48.5 Å². The second kappa shape index (κ2) is 10.2. The van der Waals surface area contributed by atoms with Crippen LogP contribution in [0.4, 0.5) is 4.79 Å². The van der Waals surface area contributed by atoms with Crippen molar-refractivity contribution in [2.75, 3.05) is 6.61 Å². The highest BCUT2D eigenvalue weighted by Gasteiger charge is 2.30. The van der Waals surface area contributed by atoms with E-state index < -0.39 is 30.1 Å². The molecule has 0 aliphatic heterocycles. The monoisotopic (exact) mass is 462 g/mol. The predicted molar refractivity (Wildman–Crippen MR) is 124 cm³/mol. The van der Waals surface area contributed by atoms with Gasteiger partial charge in [0, 0.05) is 24.2 Å². The maximum absolute atomic E-state index is 12.8. The predicted octanol–water partition coefficient (Wildman–Crippen LogP) is 2.84. The highest BCUT2D eigenvalue weighted by atomic mass is 16.5. The molecule has 1 aromatic heterocycles. The number of benzene rings is 2. The van der Waals surface area contributed by atoms with Crippen LogP contribution in [0.3, 0.4) is 0 Å². The van der Waals surface area contributed by atoms with Crippen LogP contribution < -0.4 is 10.6 Å². The first-order chi connectivity index (χ1) is 16.5. The van der Waals surface area contributed by atoms with Gasteiger partial charge in [-0.1, -0.05) is 55.5 Å². The lowest BCUT2D eigenvalue weighted by atomic mass is 9.98. The molecular formula is C25H26N4O5. The van der Waals surface area contributed by atoms with Crippen molar-refractivity contribution in [1.82, 2.24) is 20.6 Å². The van der Waals surface area contributed by atoms with Crippen LogP contribution in [0.2, 0.25) is 0 Å². The smallest absolute Gasteiger partial charge is 0.407 e. The standard InChI is InChI=1S/C25H26N4O5/c1-2-21(24(31)32)28-23(30)22(11-15-12-26-14-27-15)29-25(33)34-13-20-18-9-5-3-7-16(18)17-8-4-6-10-19(17)20/h3-10,12,14,20-22H,2,11,13H2,1H3,(H,26,27)(H,28,30)(H,29,33)(H,31,32)/t21-,22+/m0/s1. The van der Waals surface area contributed by atoms with Gasteiger partial charge < -0.3 is 25.5 Å². The topological polar surface area (TPSA) is 133 Å². The number of nitrogens with zero attached hydrogens (tertiary/aromatic N) is 1. The summed E-state index contributed by atoms with van der Waals surface area (Å²) < 4.78 is 5.55. The molecule has 0 bridgehead atoms. The number of amides is 2. The lowest BCUT2D eigenvalue weighted by Gasteiger charge is -2.21. The van der Waals surface area contributed by atoms with E-state index in [4.69, 9.17) is 4.74 Å². The number of hydrogen-bond acceptors (Lipinski definition) is 5. The van der Waals surface area contributed by atoms with Crippen LogP contribution in [0.25, 0.3) is 11.1 Å². The minimum absolute atomic E-state index is 0.102. The molecule has 0 radical (unpaired) electrons. The van der Waals surface area contributed by atoms with Crippen molar-refractivity contribution >= 4 is 18.0 Å². The van der Waals surface area contributed by atoms with Crippen LogP contribution in [0.1, 0.15) is 36.1 Å². The summed E-state index contributed by atoms with van der Waals surface area (Å²) in [6, 6.07) is 13.9. The first-order valence-electron chi connectivity index (χ1n) is 11.1. The summed E-state index contributed by atoms with van der Waals surface area (Å²) in [7, 11) is 0. The average Bonchev–Trinajstić information content (AvgIpc) is 3.46. The number of hydrogen-bond donors (Lipinski definition) is 4. The number of H-pyrrole nitrogens is 1. The summed E-state index contributed by atoms with van der Waals surface area (Å²) in [4.78, 5) is 43.6. The minimum atomic E-state index is -1.14. The second-order valence-corrected chi connectivity index (χ2v) is 8.11. The van der Waals surface area contributed by atoms with Crippen molar-refractivity contribution in [2.24, 2.45) is 0 Å². The Morgan fingerprint density at radius 3 is 2.24 bits per heavy atom. The molecule has 0 fully saturated rings. The van der Waals surface area contributed by atoms with Crippen molar-refractivity contribution in [3.05, 3.63) is 77.9 Å². The van der Waals surface area contributed by atoms with Crippen molar-refractivity contribution < 1.29 is 24.2 Å². The van der Waals surface area contributed by atoms with E-state index in [9.17, 15) is 19.5 Å². The minimum Gasteiger partial charge on any atom is -0.480 e. The number of carboxylic acids is 1. The second-order valence-electron chi connectivity index (χ2n) is 8.11. The number of aliphatic carboxylic acids is 1. The molecule has 1 heterocycles. The van der Waals surface area contributed by atoms with Crippen LogP contribution in [0.5, 0.6) is 0 Å². The normalized spacial score (nSPS) is 13.9. The number of alkyl carbamates (subject to hydrolysis) is 1. The number of carbonyl (C=O) groups is 3. The molecule has 0 unspecified atom stereocenters. The number of aromatic nitrogens is 2. The van der Waals surface area contributed by atoms with Crippen molar-refractivity contribution in [3.63, 3.8) is 0 Å². The van der Waals surface area contributed by atoms with E-state index >= 15 is 0 Å². The maximum Gasteiger partial charge on any atom is 0.407 e. The van der Waals surface area contributed by atoms with E-state index in [-0.39, 0.29) is 25.4 Å². The van der Waals surface area contributed by atoms with Crippen LogP contribution in [-0.2, 0) is 20.7 Å². The van der Waals surface area contributed by atoms with Gasteiger partial charge >= 0.3 is 12.1 Å². The van der Waals surface area contributed by atoms with Gasteiger partial charge in [0.2, 0.25) is 5.91 Å². The van der Waals surface area contributed by atoms with Gasteiger partial charge in [-0.2, -0.15) is 0 Å². The Balaban J connectivity index is 1.45. The number of aromatic amines is 1. The maximum atomic E-state index is 12.8. The summed E-state index contributed by atoms with van der Waals surface area (Å²) in [5, 5.41) is 14.3. The molecule has 1 aliphatic rings. The zero-order valence-corrected chi connectivity index (χ0v) is 18.7. The Kier molecular flexibility index (Phi) is 6.91. The van der Waals surface area contributed by atoms with Crippen molar-refractivity contribution in [2.45, 2.75) is 37.8 Å². The Morgan fingerprint density at radius 1 is 1.03 bits per heavy atom. The Morgan fingerprint density at radius 2 is 1.68 bits per heavy atom. The van der Waals surface area contributed by atoms with Gasteiger partial charge in [-0.05, 0) is 28.7 Å². The summed E-state index contributed by atoms with van der Waals surface area (Å²) in [6.45, 7) is 1.76. The van der Waals surface area contributed by atoms with Gasteiger partial charge in [-0.25, -0.2) is 14.6 Å². The van der Waals surface area contributed by atoms with Crippen LogP contribution >= 0.6 is 0 Å². The molecular weight excluding hydrogens is 436 g/mol. The first-order valence-corrected chi connectivity index (χ1v) is 11.1. The zero-order valence-electron chi connectivity index (χ0n) is 18.7. The van der Waals surface area contributed by atoms with Gasteiger partial charge in [0.15, 0.2) is 0 Å². The van der Waals surface area contributed by atoms with Crippen LogP contribution in [0, 0.1) is 0 Å². The molecule has 4 rings (SSSR count). The third-order valence-corrected chi connectivity index (χ3v) is 5.95. The third-order valence-electron chi connectivity index (χ3n) is 5.95. The molecule has 2 aromatic carbocycles. The molecule has 3 aromatic rings. The lowest BCUT2D eigenvalue weighted by molar-refractivity contribution is -0.142. The van der Waals surface area contributed by atoms with Crippen LogP contribution in [0.15, 0.2) is 61.1 Å². The number of imidazole rings is 1. The molecule has 34 heavy (non-hydrogen) atoms. The number of fused-ring (bicyclic) bond motifs is 3. The molecule has 9 heteroatoms. The van der Waals surface area contributed by atoms with E-state index in [1.54, 1.807) is 6.92 Å². The SMILES string of the molecule is CC[C@H](NC(=O)[C@@H](Cc1cnc[nH]1)NC(=O)OCC1c2ccccc2-c2ccccc21)C(=O)O.